The molecular weight excluding hydrogens is 336 g/mol. The molecule has 0 bridgehead atoms. The van der Waals surface area contributed by atoms with Crippen molar-refractivity contribution in [3.05, 3.63) is 24.3 Å². The smallest absolute Gasteiger partial charge is 0.243 e. The quantitative estimate of drug-likeness (QED) is 0.766. The molecule has 6 nitrogen and oxygen atoms in total. The summed E-state index contributed by atoms with van der Waals surface area (Å²) in [4.78, 5) is 13.6. The summed E-state index contributed by atoms with van der Waals surface area (Å²) in [6, 6.07) is 6.00. The van der Waals surface area contributed by atoms with Crippen molar-refractivity contribution in [1.82, 2.24) is 4.31 Å². The topological polar surface area (TPSA) is 74.8 Å². The van der Waals surface area contributed by atoms with Crippen molar-refractivity contribution in [2.75, 3.05) is 30.5 Å². The Labute approximate surface area is 140 Å². The second-order valence-corrected chi connectivity index (χ2v) is 9.23. The molecule has 1 aliphatic rings. The second-order valence-electron chi connectivity index (χ2n) is 5.75. The van der Waals surface area contributed by atoms with Gasteiger partial charge in [0.2, 0.25) is 15.9 Å². The highest BCUT2D eigenvalue weighted by molar-refractivity contribution is 7.89. The number of hydrogen-bond acceptors (Lipinski definition) is 4. The zero-order chi connectivity index (χ0) is 17.2. The van der Waals surface area contributed by atoms with Crippen molar-refractivity contribution in [2.45, 2.75) is 30.7 Å². The van der Waals surface area contributed by atoms with E-state index in [2.05, 4.69) is 0 Å². The van der Waals surface area contributed by atoms with Gasteiger partial charge in [0.25, 0.3) is 0 Å². The van der Waals surface area contributed by atoms with Gasteiger partial charge in [-0.2, -0.15) is 4.31 Å². The molecule has 1 heterocycles. The van der Waals surface area contributed by atoms with E-state index in [9.17, 15) is 17.4 Å². The summed E-state index contributed by atoms with van der Waals surface area (Å²) in [5.41, 5.74) is 0.719. The number of anilines is 1. The van der Waals surface area contributed by atoms with Crippen LogP contribution in [0.3, 0.4) is 0 Å². The maximum Gasteiger partial charge on any atom is 0.243 e. The molecule has 0 radical (unpaired) electrons. The fourth-order valence-electron chi connectivity index (χ4n) is 2.57. The van der Waals surface area contributed by atoms with Gasteiger partial charge in [-0.15, -0.1) is 0 Å². The van der Waals surface area contributed by atoms with E-state index in [1.807, 2.05) is 0 Å². The van der Waals surface area contributed by atoms with Crippen molar-refractivity contribution < 1.29 is 17.4 Å². The van der Waals surface area contributed by atoms with Gasteiger partial charge in [0.05, 0.1) is 4.90 Å². The van der Waals surface area contributed by atoms with Gasteiger partial charge in [0, 0.05) is 54.6 Å². The fourth-order valence-corrected chi connectivity index (χ4v) is 4.93. The third-order valence-electron chi connectivity index (χ3n) is 4.00. The van der Waals surface area contributed by atoms with Gasteiger partial charge in [-0.3, -0.25) is 9.00 Å². The van der Waals surface area contributed by atoms with Crippen LogP contribution in [0.15, 0.2) is 29.2 Å². The number of carbonyl (C=O) groups excluding carboxylic acids is 1. The SMILES string of the molecule is C[C@H](C[S@](C)=O)N(C)S(=O)(=O)c1ccc(N2CCCC2=O)cc1. The van der Waals surface area contributed by atoms with Crippen molar-refractivity contribution in [3.63, 3.8) is 0 Å². The molecule has 1 amide bonds. The van der Waals surface area contributed by atoms with Crippen LogP contribution < -0.4 is 4.90 Å². The molecule has 0 spiro atoms. The van der Waals surface area contributed by atoms with E-state index < -0.39 is 20.8 Å². The Balaban J connectivity index is 2.20. The molecular formula is C15H22N2O4S2. The largest absolute Gasteiger partial charge is 0.312 e. The lowest BCUT2D eigenvalue weighted by Crippen LogP contribution is -2.38. The van der Waals surface area contributed by atoms with Crippen molar-refractivity contribution in [1.29, 1.82) is 0 Å². The van der Waals surface area contributed by atoms with Crippen LogP contribution in [0, 0.1) is 0 Å². The van der Waals surface area contributed by atoms with Crippen LogP contribution in [0.1, 0.15) is 19.8 Å². The van der Waals surface area contributed by atoms with Gasteiger partial charge >= 0.3 is 0 Å². The number of hydrogen-bond donors (Lipinski definition) is 0. The van der Waals surface area contributed by atoms with Gasteiger partial charge in [-0.1, -0.05) is 0 Å². The van der Waals surface area contributed by atoms with Crippen LogP contribution in [0.5, 0.6) is 0 Å². The summed E-state index contributed by atoms with van der Waals surface area (Å²) in [6.45, 7) is 2.40. The summed E-state index contributed by atoms with van der Waals surface area (Å²) < 4.78 is 37.7. The van der Waals surface area contributed by atoms with Gasteiger partial charge in [-0.25, -0.2) is 8.42 Å². The molecule has 0 N–H and O–H groups in total. The molecule has 0 unspecified atom stereocenters. The van der Waals surface area contributed by atoms with Gasteiger partial charge in [0.15, 0.2) is 0 Å². The van der Waals surface area contributed by atoms with Crippen molar-refractivity contribution >= 4 is 32.4 Å². The molecule has 2 rings (SSSR count). The fraction of sp³-hybridized carbons (Fsp3) is 0.533. The number of rotatable bonds is 6. The highest BCUT2D eigenvalue weighted by atomic mass is 32.2. The Morgan fingerprint density at radius 1 is 1.30 bits per heavy atom. The van der Waals surface area contributed by atoms with E-state index in [1.54, 1.807) is 30.2 Å². The standard InChI is InChI=1S/C15H22N2O4S2/c1-12(11-22(3)19)16(2)23(20,21)14-8-6-13(7-9-14)17-10-4-5-15(17)18/h6-9,12H,4-5,10-11H2,1-3H3/t12-,22+/m1/s1. The molecule has 8 heteroatoms. The first-order chi connectivity index (χ1) is 10.7. The number of nitrogens with zero attached hydrogens (tertiary/aromatic N) is 2. The van der Waals surface area contributed by atoms with Gasteiger partial charge in [-0.05, 0) is 37.6 Å². The average molecular weight is 358 g/mol. The van der Waals surface area contributed by atoms with E-state index in [0.717, 1.165) is 12.1 Å². The Hall–Kier alpha value is -1.25. The number of carbonyl (C=O) groups is 1. The third-order valence-corrected chi connectivity index (χ3v) is 6.93. The predicted octanol–water partition coefficient (Wildman–Crippen LogP) is 1.20. The molecule has 0 saturated carbocycles. The van der Waals surface area contributed by atoms with E-state index in [4.69, 9.17) is 0 Å². The Bertz CT molecular complexity index is 701. The number of sulfonamides is 1. The number of benzene rings is 1. The molecule has 1 aromatic carbocycles. The van der Waals surface area contributed by atoms with Crippen LogP contribution in [0.4, 0.5) is 5.69 Å². The molecule has 1 fully saturated rings. The summed E-state index contributed by atoms with van der Waals surface area (Å²) >= 11 is 0. The molecule has 23 heavy (non-hydrogen) atoms. The normalized spacial score (nSPS) is 18.4. The Morgan fingerprint density at radius 2 is 1.91 bits per heavy atom. The van der Waals surface area contributed by atoms with Gasteiger partial charge in [0.1, 0.15) is 0 Å². The first-order valence-electron chi connectivity index (χ1n) is 7.42. The zero-order valence-electron chi connectivity index (χ0n) is 13.6. The first kappa shape index (κ1) is 18.1. The summed E-state index contributed by atoms with van der Waals surface area (Å²) in [7, 11) is -3.22. The Kier molecular flexibility index (Phi) is 5.59. The van der Waals surface area contributed by atoms with Crippen LogP contribution in [0.2, 0.25) is 0 Å². The molecule has 1 saturated heterocycles. The summed E-state index contributed by atoms with van der Waals surface area (Å²) in [5, 5.41) is 0. The third kappa shape index (κ3) is 3.99. The number of amides is 1. The molecule has 2 atom stereocenters. The zero-order valence-corrected chi connectivity index (χ0v) is 15.2. The highest BCUT2D eigenvalue weighted by Gasteiger charge is 2.27. The minimum absolute atomic E-state index is 0.0665. The van der Waals surface area contributed by atoms with Gasteiger partial charge < -0.3 is 4.90 Å². The molecule has 128 valence electrons. The lowest BCUT2D eigenvalue weighted by atomic mass is 10.3. The average Bonchev–Trinajstić information content (AvgIpc) is 2.92. The molecule has 1 aliphatic heterocycles. The van der Waals surface area contributed by atoms with Crippen molar-refractivity contribution in [3.8, 4) is 0 Å². The monoisotopic (exact) mass is 358 g/mol. The lowest BCUT2D eigenvalue weighted by Gasteiger charge is -2.24. The van der Waals surface area contributed by atoms with E-state index >= 15 is 0 Å². The van der Waals surface area contributed by atoms with Crippen LogP contribution in [0.25, 0.3) is 0 Å². The van der Waals surface area contributed by atoms with Crippen molar-refractivity contribution in [2.24, 2.45) is 0 Å². The minimum atomic E-state index is -3.64. The van der Waals surface area contributed by atoms with E-state index in [-0.39, 0.29) is 22.6 Å². The molecule has 0 aliphatic carbocycles. The van der Waals surface area contributed by atoms with E-state index in [1.165, 1.54) is 23.5 Å². The minimum Gasteiger partial charge on any atom is -0.312 e. The van der Waals surface area contributed by atoms with E-state index in [0.29, 0.717) is 13.0 Å². The van der Waals surface area contributed by atoms with Crippen LogP contribution >= 0.6 is 0 Å². The molecule has 0 aromatic heterocycles. The second kappa shape index (κ2) is 7.11. The van der Waals surface area contributed by atoms with Crippen LogP contribution in [-0.4, -0.2) is 54.5 Å². The molecule has 1 aromatic rings. The summed E-state index contributed by atoms with van der Waals surface area (Å²) in [6.07, 6.45) is 2.92. The maximum absolute atomic E-state index is 12.6. The maximum atomic E-state index is 12.6. The Morgan fingerprint density at radius 3 is 2.39 bits per heavy atom. The predicted molar refractivity (Wildman–Crippen MR) is 91.4 cm³/mol. The highest BCUT2D eigenvalue weighted by Crippen LogP contribution is 2.24. The summed E-state index contributed by atoms with van der Waals surface area (Å²) in [5.74, 6) is 0.354. The lowest BCUT2D eigenvalue weighted by molar-refractivity contribution is -0.117. The van der Waals surface area contributed by atoms with Crippen LogP contribution in [-0.2, 0) is 25.6 Å². The first-order valence-corrected chi connectivity index (χ1v) is 10.6.